The molecular weight excluding hydrogens is 360 g/mol. The molecule has 1 heterocycles. The van der Waals surface area contributed by atoms with Crippen molar-refractivity contribution in [2.75, 3.05) is 14.2 Å². The molecule has 0 aliphatic carbocycles. The van der Waals surface area contributed by atoms with Gasteiger partial charge in [-0.2, -0.15) is 0 Å². The number of amides is 1. The van der Waals surface area contributed by atoms with Crippen molar-refractivity contribution < 1.29 is 14.3 Å². The number of rotatable bonds is 4. The molecule has 3 rings (SSSR count). The Morgan fingerprint density at radius 1 is 1.12 bits per heavy atom. The molecule has 2 aromatic rings. The molecule has 1 aliphatic rings. The van der Waals surface area contributed by atoms with Gasteiger partial charge in [0.1, 0.15) is 0 Å². The molecule has 1 amide bonds. The summed E-state index contributed by atoms with van der Waals surface area (Å²) in [5, 5.41) is 3.76. The first-order valence-electron chi connectivity index (χ1n) is 7.37. The second-order valence-corrected chi connectivity index (χ2v) is 6.49. The zero-order valence-electron chi connectivity index (χ0n) is 13.6. The minimum atomic E-state index is -0.203. The lowest BCUT2D eigenvalue weighted by molar-refractivity contribution is -0.115. The van der Waals surface area contributed by atoms with E-state index in [0.29, 0.717) is 32.3 Å². The van der Waals surface area contributed by atoms with E-state index >= 15 is 0 Å². The second kappa shape index (κ2) is 7.63. The molecule has 1 saturated heterocycles. The Balaban J connectivity index is 1.86. The van der Waals surface area contributed by atoms with Gasteiger partial charge in [-0.15, -0.1) is 0 Å². The fourth-order valence-electron chi connectivity index (χ4n) is 2.23. The zero-order valence-corrected chi connectivity index (χ0v) is 15.1. The third-order valence-corrected chi connectivity index (χ3v) is 4.66. The highest BCUT2D eigenvalue weighted by atomic mass is 35.5. The summed E-state index contributed by atoms with van der Waals surface area (Å²) in [6.45, 7) is 0. The zero-order chi connectivity index (χ0) is 17.8. The summed E-state index contributed by atoms with van der Waals surface area (Å²) in [6, 6.07) is 12.7. The van der Waals surface area contributed by atoms with Crippen molar-refractivity contribution in [3.63, 3.8) is 0 Å². The van der Waals surface area contributed by atoms with E-state index < -0.39 is 0 Å². The van der Waals surface area contributed by atoms with Gasteiger partial charge in [0.15, 0.2) is 16.7 Å². The van der Waals surface area contributed by atoms with Gasteiger partial charge < -0.3 is 14.8 Å². The predicted octanol–water partition coefficient (Wildman–Crippen LogP) is 4.25. The van der Waals surface area contributed by atoms with Gasteiger partial charge in [-0.05, 0) is 47.7 Å². The van der Waals surface area contributed by atoms with Gasteiger partial charge in [-0.1, -0.05) is 29.8 Å². The van der Waals surface area contributed by atoms with Crippen LogP contribution in [0.15, 0.2) is 52.4 Å². The summed E-state index contributed by atoms with van der Waals surface area (Å²) in [5.74, 6) is 1.03. The first-order valence-corrected chi connectivity index (χ1v) is 8.56. The van der Waals surface area contributed by atoms with E-state index in [-0.39, 0.29) is 5.91 Å². The van der Waals surface area contributed by atoms with Crippen molar-refractivity contribution in [3.05, 3.63) is 58.0 Å². The normalized spacial score (nSPS) is 17.0. The lowest BCUT2D eigenvalue weighted by Gasteiger charge is -2.07. The molecule has 0 aromatic heterocycles. The molecule has 1 aliphatic heterocycles. The topological polar surface area (TPSA) is 59.9 Å². The van der Waals surface area contributed by atoms with Gasteiger partial charge in [0.2, 0.25) is 0 Å². The van der Waals surface area contributed by atoms with Crippen molar-refractivity contribution in [2.24, 2.45) is 4.99 Å². The molecule has 0 saturated carbocycles. The SMILES string of the molecule is COc1ccc(/C=C2\SC(=Nc3ccccc3Cl)NC2=O)cc1OC. The number of nitrogens with zero attached hydrogens (tertiary/aromatic N) is 1. The fraction of sp³-hybridized carbons (Fsp3) is 0.111. The summed E-state index contributed by atoms with van der Waals surface area (Å²) in [4.78, 5) is 17.1. The molecule has 5 nitrogen and oxygen atoms in total. The Labute approximate surface area is 154 Å². The van der Waals surface area contributed by atoms with Crippen LogP contribution in [-0.4, -0.2) is 25.3 Å². The third kappa shape index (κ3) is 3.97. The van der Waals surface area contributed by atoms with Crippen LogP contribution in [0.4, 0.5) is 5.69 Å². The van der Waals surface area contributed by atoms with Gasteiger partial charge in [-0.25, -0.2) is 4.99 Å². The van der Waals surface area contributed by atoms with Gasteiger partial charge in [0.05, 0.1) is 29.8 Å². The third-order valence-electron chi connectivity index (χ3n) is 3.43. The van der Waals surface area contributed by atoms with E-state index in [2.05, 4.69) is 10.3 Å². The Bertz CT molecular complexity index is 880. The Kier molecular flexibility index (Phi) is 5.31. The first kappa shape index (κ1) is 17.4. The fourth-order valence-corrected chi connectivity index (χ4v) is 3.24. The van der Waals surface area contributed by atoms with Gasteiger partial charge in [0, 0.05) is 0 Å². The molecule has 0 atom stereocenters. The smallest absolute Gasteiger partial charge is 0.264 e. The highest BCUT2D eigenvalue weighted by molar-refractivity contribution is 8.18. The van der Waals surface area contributed by atoms with Crippen molar-refractivity contribution >= 4 is 46.2 Å². The molecule has 7 heteroatoms. The molecule has 0 spiro atoms. The first-order chi connectivity index (χ1) is 12.1. The van der Waals surface area contributed by atoms with Gasteiger partial charge >= 0.3 is 0 Å². The molecule has 0 unspecified atom stereocenters. The van der Waals surface area contributed by atoms with E-state index in [1.807, 2.05) is 24.3 Å². The quantitative estimate of drug-likeness (QED) is 0.813. The molecule has 25 heavy (non-hydrogen) atoms. The number of hydrogen-bond acceptors (Lipinski definition) is 5. The van der Waals surface area contributed by atoms with E-state index in [0.717, 1.165) is 5.56 Å². The van der Waals surface area contributed by atoms with Crippen LogP contribution in [0.2, 0.25) is 5.02 Å². The number of carbonyl (C=O) groups excluding carboxylic acids is 1. The molecule has 0 radical (unpaired) electrons. The van der Waals surface area contributed by atoms with Gasteiger partial charge in [0.25, 0.3) is 5.91 Å². The number of ether oxygens (including phenoxy) is 2. The Hall–Kier alpha value is -2.44. The minimum absolute atomic E-state index is 0.203. The minimum Gasteiger partial charge on any atom is -0.493 e. The van der Waals surface area contributed by atoms with Crippen LogP contribution in [0.5, 0.6) is 11.5 Å². The second-order valence-electron chi connectivity index (χ2n) is 5.05. The van der Waals surface area contributed by atoms with Crippen molar-refractivity contribution in [1.29, 1.82) is 0 Å². The molecule has 1 fully saturated rings. The average Bonchev–Trinajstić information content (AvgIpc) is 2.96. The lowest BCUT2D eigenvalue weighted by atomic mass is 10.2. The van der Waals surface area contributed by atoms with Crippen LogP contribution >= 0.6 is 23.4 Å². The average molecular weight is 375 g/mol. The van der Waals surface area contributed by atoms with Crippen LogP contribution in [-0.2, 0) is 4.79 Å². The summed E-state index contributed by atoms with van der Waals surface area (Å²) >= 11 is 7.36. The lowest BCUT2D eigenvalue weighted by Crippen LogP contribution is -2.19. The number of thioether (sulfide) groups is 1. The Morgan fingerprint density at radius 2 is 1.88 bits per heavy atom. The van der Waals surface area contributed by atoms with Crippen molar-refractivity contribution in [1.82, 2.24) is 5.32 Å². The number of para-hydroxylation sites is 1. The highest BCUT2D eigenvalue weighted by Gasteiger charge is 2.24. The standard InChI is InChI=1S/C18H15ClN2O3S/c1-23-14-8-7-11(9-15(14)24-2)10-16-17(22)21-18(25-16)20-13-6-4-3-5-12(13)19/h3-10H,1-2H3,(H,20,21,22)/b16-10-. The number of nitrogens with one attached hydrogen (secondary N) is 1. The number of benzene rings is 2. The van der Waals surface area contributed by atoms with E-state index in [1.165, 1.54) is 11.8 Å². The molecule has 1 N–H and O–H groups in total. The van der Waals surface area contributed by atoms with E-state index in [4.69, 9.17) is 21.1 Å². The number of methoxy groups -OCH3 is 2. The summed E-state index contributed by atoms with van der Waals surface area (Å²) in [7, 11) is 3.15. The van der Waals surface area contributed by atoms with Crippen LogP contribution in [0.1, 0.15) is 5.56 Å². The number of aliphatic imine (C=N–C) groups is 1. The predicted molar refractivity (Wildman–Crippen MR) is 102 cm³/mol. The number of hydrogen-bond donors (Lipinski definition) is 1. The molecule has 128 valence electrons. The maximum Gasteiger partial charge on any atom is 0.264 e. The summed E-state index contributed by atoms with van der Waals surface area (Å²) < 4.78 is 10.5. The monoisotopic (exact) mass is 374 g/mol. The van der Waals surface area contributed by atoms with Crippen LogP contribution < -0.4 is 14.8 Å². The maximum atomic E-state index is 12.2. The van der Waals surface area contributed by atoms with Crippen molar-refractivity contribution in [3.8, 4) is 11.5 Å². The van der Waals surface area contributed by atoms with Crippen molar-refractivity contribution in [2.45, 2.75) is 0 Å². The Morgan fingerprint density at radius 3 is 2.60 bits per heavy atom. The highest BCUT2D eigenvalue weighted by Crippen LogP contribution is 2.33. The van der Waals surface area contributed by atoms with E-state index in [9.17, 15) is 4.79 Å². The summed E-state index contributed by atoms with van der Waals surface area (Å²) in [5.41, 5.74) is 1.44. The maximum absolute atomic E-state index is 12.2. The van der Waals surface area contributed by atoms with Crippen LogP contribution in [0.3, 0.4) is 0 Å². The van der Waals surface area contributed by atoms with E-state index in [1.54, 1.807) is 38.5 Å². The molecule has 2 aromatic carbocycles. The summed E-state index contributed by atoms with van der Waals surface area (Å²) in [6.07, 6.45) is 1.77. The van der Waals surface area contributed by atoms with Gasteiger partial charge in [-0.3, -0.25) is 4.79 Å². The molecular formula is C18H15ClN2O3S. The molecule has 0 bridgehead atoms. The number of carbonyl (C=O) groups is 1. The number of amidine groups is 1. The largest absolute Gasteiger partial charge is 0.493 e. The van der Waals surface area contributed by atoms with Crippen LogP contribution in [0.25, 0.3) is 6.08 Å². The number of halogens is 1. The van der Waals surface area contributed by atoms with Crippen LogP contribution in [0, 0.1) is 0 Å².